The third-order valence-electron chi connectivity index (χ3n) is 9.76. The van der Waals surface area contributed by atoms with Crippen LogP contribution in [0.2, 0.25) is 5.02 Å². The fraction of sp³-hybridized carbons (Fsp3) is 0.594. The van der Waals surface area contributed by atoms with Crippen LogP contribution in [0.1, 0.15) is 87.0 Å². The molecule has 0 aromatic heterocycles. The Kier molecular flexibility index (Phi) is 7.11. The maximum atomic E-state index is 13.8. The van der Waals surface area contributed by atoms with E-state index >= 15 is 0 Å². The van der Waals surface area contributed by atoms with Gasteiger partial charge in [0.2, 0.25) is 5.91 Å². The molecule has 3 heterocycles. The summed E-state index contributed by atoms with van der Waals surface area (Å²) in [5.74, 6) is 0.825. The summed E-state index contributed by atoms with van der Waals surface area (Å²) in [6.07, 6.45) is 10.4. The number of carbonyl (C=O) groups is 1. The number of rotatable bonds is 5. The van der Waals surface area contributed by atoms with Gasteiger partial charge in [0, 0.05) is 36.6 Å². The summed E-state index contributed by atoms with van der Waals surface area (Å²) in [6.45, 7) is 8.64. The molecule has 1 amide bonds. The van der Waals surface area contributed by atoms with Crippen molar-refractivity contribution >= 4 is 17.5 Å². The van der Waals surface area contributed by atoms with Gasteiger partial charge in [-0.15, -0.1) is 0 Å². The molecule has 3 saturated heterocycles. The second kappa shape index (κ2) is 10.4. The predicted octanol–water partition coefficient (Wildman–Crippen LogP) is 6.25. The molecule has 0 saturated carbocycles. The summed E-state index contributed by atoms with van der Waals surface area (Å²) in [4.78, 5) is 21.2. The van der Waals surface area contributed by atoms with Crippen LogP contribution in [0.15, 0.2) is 42.5 Å². The number of hydrogen-bond donors (Lipinski definition) is 0. The molecule has 2 aromatic rings. The predicted molar refractivity (Wildman–Crippen MR) is 151 cm³/mol. The van der Waals surface area contributed by atoms with E-state index in [-0.39, 0.29) is 11.6 Å². The first-order valence-electron chi connectivity index (χ1n) is 14.7. The molecule has 1 aliphatic carbocycles. The van der Waals surface area contributed by atoms with Gasteiger partial charge in [-0.3, -0.25) is 9.69 Å². The van der Waals surface area contributed by atoms with E-state index < -0.39 is 0 Å². The van der Waals surface area contributed by atoms with Gasteiger partial charge in [0.15, 0.2) is 0 Å². The minimum absolute atomic E-state index is 0.248. The summed E-state index contributed by atoms with van der Waals surface area (Å²) in [6, 6.07) is 15.8. The monoisotopic (exact) mass is 519 g/mol. The smallest absolute Gasteiger partial charge is 0.244 e. The van der Waals surface area contributed by atoms with Crippen molar-refractivity contribution in [2.24, 2.45) is 0 Å². The van der Waals surface area contributed by atoms with E-state index in [1.54, 1.807) is 0 Å². The van der Waals surface area contributed by atoms with Crippen molar-refractivity contribution in [2.75, 3.05) is 26.2 Å². The molecule has 0 radical (unpaired) electrons. The molecule has 0 N–H and O–H groups in total. The zero-order valence-corrected chi connectivity index (χ0v) is 23.3. The molecule has 2 aromatic carbocycles. The molecule has 4 aliphatic rings. The molecule has 3 aliphatic heterocycles. The van der Waals surface area contributed by atoms with Crippen LogP contribution in [-0.2, 0) is 17.6 Å². The van der Waals surface area contributed by atoms with Gasteiger partial charge < -0.3 is 9.80 Å². The van der Waals surface area contributed by atoms with Crippen molar-refractivity contribution in [3.05, 3.63) is 69.7 Å². The average molecular weight is 520 g/mol. The molecule has 6 rings (SSSR count). The number of piperidine rings is 2. The standard InChI is InChI=1S/C32H42ClN3O/c1-23(2)36-30-11-5-6-19-35(30)32(31(36)37)16-20-34(21-17-32)18-7-10-28-27-9-4-3-8-24(27)12-13-25-14-15-26(33)22-29(25)28/h3-4,8-9,14-15,22-23,28,30H,5-7,10-13,16-21H2,1-2H3. The molecule has 3 fully saturated rings. The van der Waals surface area contributed by atoms with Gasteiger partial charge in [-0.05, 0) is 113 Å². The summed E-state index contributed by atoms with van der Waals surface area (Å²) in [5.41, 5.74) is 5.61. The second-order valence-electron chi connectivity index (χ2n) is 12.1. The normalized spacial score (nSPS) is 25.7. The number of benzene rings is 2. The fourth-order valence-electron chi connectivity index (χ4n) is 7.91. The summed E-state index contributed by atoms with van der Waals surface area (Å²) >= 11 is 6.48. The topological polar surface area (TPSA) is 26.8 Å². The van der Waals surface area contributed by atoms with E-state index in [1.165, 1.54) is 35.1 Å². The van der Waals surface area contributed by atoms with Crippen molar-refractivity contribution in [3.8, 4) is 0 Å². The zero-order valence-electron chi connectivity index (χ0n) is 22.6. The van der Waals surface area contributed by atoms with Crippen LogP contribution in [0.25, 0.3) is 0 Å². The lowest BCUT2D eigenvalue weighted by molar-refractivity contribution is -0.137. The molecule has 198 valence electrons. The number of halogens is 1. The first kappa shape index (κ1) is 25.4. The van der Waals surface area contributed by atoms with Crippen LogP contribution in [0.3, 0.4) is 0 Å². The zero-order chi connectivity index (χ0) is 25.6. The molecule has 2 atom stereocenters. The van der Waals surface area contributed by atoms with Gasteiger partial charge in [0.1, 0.15) is 5.54 Å². The molecular formula is C32H42ClN3O. The maximum absolute atomic E-state index is 13.8. The van der Waals surface area contributed by atoms with Crippen molar-refractivity contribution < 1.29 is 4.79 Å². The molecular weight excluding hydrogens is 478 g/mol. The Morgan fingerprint density at radius 2 is 1.73 bits per heavy atom. The van der Waals surface area contributed by atoms with Crippen LogP contribution in [0.4, 0.5) is 0 Å². The maximum Gasteiger partial charge on any atom is 0.244 e. The van der Waals surface area contributed by atoms with E-state index in [0.29, 0.717) is 18.0 Å². The Morgan fingerprint density at radius 1 is 0.973 bits per heavy atom. The van der Waals surface area contributed by atoms with Crippen LogP contribution < -0.4 is 0 Å². The number of hydrogen-bond acceptors (Lipinski definition) is 3. The quantitative estimate of drug-likeness (QED) is 0.467. The first-order valence-corrected chi connectivity index (χ1v) is 15.0. The van der Waals surface area contributed by atoms with Gasteiger partial charge in [-0.2, -0.15) is 0 Å². The van der Waals surface area contributed by atoms with E-state index in [1.807, 2.05) is 0 Å². The Hall–Kier alpha value is -1.88. The van der Waals surface area contributed by atoms with Gasteiger partial charge >= 0.3 is 0 Å². The van der Waals surface area contributed by atoms with Crippen molar-refractivity contribution in [3.63, 3.8) is 0 Å². The minimum atomic E-state index is -0.248. The van der Waals surface area contributed by atoms with Gasteiger partial charge in [0.25, 0.3) is 0 Å². The minimum Gasteiger partial charge on any atom is -0.323 e. The summed E-state index contributed by atoms with van der Waals surface area (Å²) in [5, 5.41) is 0.845. The molecule has 37 heavy (non-hydrogen) atoms. The molecule has 5 heteroatoms. The SMILES string of the molecule is CC(C)N1C(=O)C2(CCN(CCCC3c4ccccc4CCc4ccc(Cl)cc43)CC2)N2CCCCC12. The van der Waals surface area contributed by atoms with E-state index in [2.05, 4.69) is 71.0 Å². The van der Waals surface area contributed by atoms with Crippen molar-refractivity contribution in [1.82, 2.24) is 14.7 Å². The number of aryl methyl sites for hydroxylation is 2. The van der Waals surface area contributed by atoms with Gasteiger partial charge in [-0.25, -0.2) is 0 Å². The van der Waals surface area contributed by atoms with Crippen LogP contribution in [-0.4, -0.2) is 64.5 Å². The fourth-order valence-corrected chi connectivity index (χ4v) is 8.09. The van der Waals surface area contributed by atoms with E-state index in [0.717, 1.165) is 76.1 Å². The summed E-state index contributed by atoms with van der Waals surface area (Å²) in [7, 11) is 0. The Labute approximate surface area is 228 Å². The highest BCUT2D eigenvalue weighted by Crippen LogP contribution is 2.44. The lowest BCUT2D eigenvalue weighted by Crippen LogP contribution is -2.58. The summed E-state index contributed by atoms with van der Waals surface area (Å²) < 4.78 is 0. The highest BCUT2D eigenvalue weighted by molar-refractivity contribution is 6.30. The first-order chi connectivity index (χ1) is 18.0. The van der Waals surface area contributed by atoms with Crippen LogP contribution in [0.5, 0.6) is 0 Å². The molecule has 4 nitrogen and oxygen atoms in total. The Bertz CT molecular complexity index is 1140. The largest absolute Gasteiger partial charge is 0.323 e. The van der Waals surface area contributed by atoms with Gasteiger partial charge in [0.05, 0.1) is 6.17 Å². The third kappa shape index (κ3) is 4.53. The number of nitrogens with zero attached hydrogens (tertiary/aromatic N) is 3. The van der Waals surface area contributed by atoms with Crippen molar-refractivity contribution in [1.29, 1.82) is 0 Å². The average Bonchev–Trinajstić information content (AvgIpc) is 3.04. The van der Waals surface area contributed by atoms with Crippen LogP contribution >= 0.6 is 11.6 Å². The Morgan fingerprint density at radius 3 is 2.51 bits per heavy atom. The number of amides is 1. The van der Waals surface area contributed by atoms with Gasteiger partial charge in [-0.1, -0.05) is 41.9 Å². The number of carbonyl (C=O) groups excluding carboxylic acids is 1. The number of likely N-dealkylation sites (tertiary alicyclic amines) is 1. The van der Waals surface area contributed by atoms with E-state index in [4.69, 9.17) is 11.6 Å². The number of fused-ring (bicyclic) bond motifs is 4. The lowest BCUT2D eigenvalue weighted by Gasteiger charge is -2.45. The second-order valence-corrected chi connectivity index (χ2v) is 12.5. The van der Waals surface area contributed by atoms with E-state index in [9.17, 15) is 4.79 Å². The molecule has 2 unspecified atom stereocenters. The molecule has 1 spiro atoms. The third-order valence-corrected chi connectivity index (χ3v) is 9.99. The Balaban J connectivity index is 1.13. The molecule has 0 bridgehead atoms. The highest BCUT2D eigenvalue weighted by atomic mass is 35.5. The lowest BCUT2D eigenvalue weighted by atomic mass is 9.83. The highest BCUT2D eigenvalue weighted by Gasteiger charge is 2.58. The van der Waals surface area contributed by atoms with Crippen molar-refractivity contribution in [2.45, 2.75) is 95.3 Å². The van der Waals surface area contributed by atoms with Crippen LogP contribution in [0, 0.1) is 0 Å².